The molecule has 2 aromatic heterocycles. The number of aromatic amines is 1. The smallest absolute Gasteiger partial charge is 0.412 e. The minimum absolute atomic E-state index is 0.00287. The van der Waals surface area contributed by atoms with Crippen molar-refractivity contribution in [3.8, 4) is 16.9 Å². The second kappa shape index (κ2) is 15.8. The second-order valence-corrected chi connectivity index (χ2v) is 15.8. The van der Waals surface area contributed by atoms with Gasteiger partial charge in [0.1, 0.15) is 5.75 Å². The van der Waals surface area contributed by atoms with Crippen molar-refractivity contribution in [2.24, 2.45) is 5.92 Å². The van der Waals surface area contributed by atoms with Crippen molar-refractivity contribution < 1.29 is 20.1 Å². The zero-order chi connectivity index (χ0) is 38.1. The van der Waals surface area contributed by atoms with Crippen molar-refractivity contribution in [1.29, 1.82) is 0 Å². The largest absolute Gasteiger partial charge is 0.506 e. The summed E-state index contributed by atoms with van der Waals surface area (Å²) >= 11 is 1.23. The first-order valence-electron chi connectivity index (χ1n) is 19.0. The second-order valence-electron chi connectivity index (χ2n) is 14.8. The quantitative estimate of drug-likeness (QED) is 0.0817. The molecule has 1 amide bonds. The molecule has 0 radical (unpaired) electrons. The number of phenolic OH excluding ortho intramolecular Hbond substituents is 1. The molecule has 3 saturated heterocycles. The fraction of sp³-hybridized carbons (Fsp3) is 0.326. The van der Waals surface area contributed by atoms with Crippen LogP contribution in [0.15, 0.2) is 101 Å². The zero-order valence-corrected chi connectivity index (χ0v) is 31.3. The minimum Gasteiger partial charge on any atom is -0.506 e. The number of phenols is 1. The molecule has 0 saturated carbocycles. The van der Waals surface area contributed by atoms with Gasteiger partial charge in [0.15, 0.2) is 0 Å². The van der Waals surface area contributed by atoms with Gasteiger partial charge in [-0.2, -0.15) is 0 Å². The number of carbonyl (C=O) groups is 1. The first-order valence-corrected chi connectivity index (χ1v) is 19.8. The van der Waals surface area contributed by atoms with E-state index >= 15 is 0 Å². The third-order valence-corrected chi connectivity index (χ3v) is 12.3. The zero-order valence-electron chi connectivity index (χ0n) is 30.5. The number of hydrogen-bond acceptors (Lipinski definition) is 8. The lowest BCUT2D eigenvalue weighted by molar-refractivity contribution is 0.0837. The van der Waals surface area contributed by atoms with Gasteiger partial charge in [0.05, 0.1) is 33.6 Å². The SMILES string of the molecule is O=C(O)N(c1cc(CCCCn2c(=O)sc3cc(CNC[C@H](O)c4ccc(O)c5[nH]c(=O)ccc45)ccc32)ccc1-c1ccccc1)C1CN2CCC1CC2. The summed E-state index contributed by atoms with van der Waals surface area (Å²) in [5.41, 5.74) is 6.20. The molecule has 4 aromatic carbocycles. The molecule has 3 aliphatic heterocycles. The van der Waals surface area contributed by atoms with E-state index in [0.29, 0.717) is 35.5 Å². The molecule has 284 valence electrons. The predicted octanol–water partition coefficient (Wildman–Crippen LogP) is 6.70. The summed E-state index contributed by atoms with van der Waals surface area (Å²) in [7, 11) is 0. The number of piperidine rings is 3. The van der Waals surface area contributed by atoms with Crippen molar-refractivity contribution in [3.05, 3.63) is 128 Å². The Hall–Kier alpha value is -5.27. The highest BCUT2D eigenvalue weighted by atomic mass is 32.1. The van der Waals surface area contributed by atoms with Gasteiger partial charge in [-0.05, 0) is 104 Å². The maximum Gasteiger partial charge on any atom is 0.412 e. The van der Waals surface area contributed by atoms with Gasteiger partial charge >= 0.3 is 11.0 Å². The van der Waals surface area contributed by atoms with Crippen LogP contribution < -0.4 is 20.6 Å². The van der Waals surface area contributed by atoms with Crippen LogP contribution in [0, 0.1) is 5.92 Å². The van der Waals surface area contributed by atoms with E-state index in [1.54, 1.807) is 17.0 Å². The highest BCUT2D eigenvalue weighted by Crippen LogP contribution is 2.39. The van der Waals surface area contributed by atoms with Crippen LogP contribution >= 0.6 is 11.3 Å². The van der Waals surface area contributed by atoms with Crippen molar-refractivity contribution in [2.75, 3.05) is 31.1 Å². The van der Waals surface area contributed by atoms with E-state index < -0.39 is 12.2 Å². The number of H-pyrrole nitrogens is 1. The molecule has 9 rings (SSSR count). The minimum atomic E-state index is -0.907. The van der Waals surface area contributed by atoms with E-state index in [-0.39, 0.29) is 28.8 Å². The van der Waals surface area contributed by atoms with E-state index in [4.69, 9.17) is 0 Å². The van der Waals surface area contributed by atoms with Crippen LogP contribution in [0.3, 0.4) is 0 Å². The van der Waals surface area contributed by atoms with E-state index in [2.05, 4.69) is 33.4 Å². The Bertz CT molecular complexity index is 2450. The lowest BCUT2D eigenvalue weighted by atomic mass is 9.82. The molecule has 3 aliphatic rings. The summed E-state index contributed by atoms with van der Waals surface area (Å²) in [6, 6.07) is 28.3. The van der Waals surface area contributed by atoms with Gasteiger partial charge in [-0.15, -0.1) is 0 Å². The number of aromatic nitrogens is 2. The summed E-state index contributed by atoms with van der Waals surface area (Å²) in [6.07, 6.45) is 2.69. The van der Waals surface area contributed by atoms with Gasteiger partial charge in [0, 0.05) is 43.2 Å². The van der Waals surface area contributed by atoms with Gasteiger partial charge < -0.3 is 30.5 Å². The van der Waals surface area contributed by atoms with E-state index in [1.807, 2.05) is 53.1 Å². The van der Waals surface area contributed by atoms with Crippen molar-refractivity contribution in [2.45, 2.75) is 57.3 Å². The van der Waals surface area contributed by atoms with Crippen molar-refractivity contribution >= 4 is 44.2 Å². The van der Waals surface area contributed by atoms with Crippen LogP contribution in [-0.4, -0.2) is 68.1 Å². The maximum atomic E-state index is 13.1. The molecule has 0 spiro atoms. The number of rotatable bonds is 13. The highest BCUT2D eigenvalue weighted by molar-refractivity contribution is 7.16. The highest BCUT2D eigenvalue weighted by Gasteiger charge is 2.41. The number of thiazole rings is 1. The molecule has 3 fully saturated rings. The van der Waals surface area contributed by atoms with Crippen LogP contribution in [0.25, 0.3) is 32.2 Å². The Morgan fingerprint density at radius 1 is 0.945 bits per heavy atom. The predicted molar refractivity (Wildman–Crippen MR) is 217 cm³/mol. The summed E-state index contributed by atoms with van der Waals surface area (Å²) in [4.78, 5) is 44.5. The number of fused-ring (bicyclic) bond motifs is 5. The molecular formula is C43H45N5O6S. The normalized spacial score (nSPS) is 18.5. The van der Waals surface area contributed by atoms with E-state index in [1.165, 1.54) is 23.5 Å². The number of aromatic hydroxyl groups is 1. The van der Waals surface area contributed by atoms with Crippen molar-refractivity contribution in [3.63, 3.8) is 0 Å². The summed E-state index contributed by atoms with van der Waals surface area (Å²) in [6.45, 7) is 4.17. The monoisotopic (exact) mass is 759 g/mol. The van der Waals surface area contributed by atoms with Gasteiger partial charge in [-0.1, -0.05) is 65.9 Å². The van der Waals surface area contributed by atoms with Crippen LogP contribution in [0.4, 0.5) is 10.5 Å². The number of benzene rings is 4. The molecule has 5 heterocycles. The van der Waals surface area contributed by atoms with Crippen LogP contribution in [0.5, 0.6) is 5.75 Å². The van der Waals surface area contributed by atoms with Crippen LogP contribution in [0.1, 0.15) is 48.5 Å². The number of aliphatic hydroxyl groups is 1. The van der Waals surface area contributed by atoms with Gasteiger partial charge in [-0.3, -0.25) is 19.1 Å². The number of aliphatic hydroxyl groups excluding tert-OH is 1. The number of anilines is 1. The molecule has 6 aromatic rings. The van der Waals surface area contributed by atoms with Gasteiger partial charge in [0.2, 0.25) is 5.56 Å². The number of unbranched alkanes of at least 4 members (excludes halogenated alkanes) is 1. The molecule has 55 heavy (non-hydrogen) atoms. The Balaban J connectivity index is 0.914. The summed E-state index contributed by atoms with van der Waals surface area (Å²) < 4.78 is 2.74. The Morgan fingerprint density at radius 3 is 2.51 bits per heavy atom. The summed E-state index contributed by atoms with van der Waals surface area (Å²) in [5.74, 6) is 0.308. The van der Waals surface area contributed by atoms with Gasteiger partial charge in [0.25, 0.3) is 0 Å². The first kappa shape index (κ1) is 36.7. The molecule has 1 unspecified atom stereocenters. The fourth-order valence-electron chi connectivity index (χ4n) is 8.49. The summed E-state index contributed by atoms with van der Waals surface area (Å²) in [5, 5.41) is 35.6. The maximum absolute atomic E-state index is 13.1. The topological polar surface area (TPSA) is 151 Å². The van der Waals surface area contributed by atoms with Crippen molar-refractivity contribution in [1.82, 2.24) is 19.8 Å². The van der Waals surface area contributed by atoms with Gasteiger partial charge in [-0.25, -0.2) is 4.79 Å². The molecule has 0 aliphatic carbocycles. The standard InChI is InChI=1S/C43H45N5O6S/c49-37-15-12-32(33-13-16-40(51)45-41(33)37)38(50)25-44-24-28-10-14-34-39(23-28)55-43(54)47(34)19-5-4-6-27-9-11-31(29-7-2-1-3-8-29)35(22-27)48(42(52)53)36-26-46-20-17-30(36)18-21-46/h1-3,7-16,22-23,30,36,38,44,49-50H,4-6,17-21,24-26H2,(H,45,51)(H,52,53)/t36?,38-/m0/s1. The first-order chi connectivity index (χ1) is 26.7. The Labute approximate surface area is 322 Å². The van der Waals surface area contributed by atoms with E-state index in [9.17, 15) is 29.7 Å². The van der Waals surface area contributed by atoms with E-state index in [0.717, 1.165) is 89.9 Å². The third-order valence-electron chi connectivity index (χ3n) is 11.3. The molecule has 12 heteroatoms. The Kier molecular flexibility index (Phi) is 10.6. The molecule has 11 nitrogen and oxygen atoms in total. The number of amides is 1. The average Bonchev–Trinajstić information content (AvgIpc) is 3.51. The number of nitrogens with zero attached hydrogens (tertiary/aromatic N) is 3. The number of hydrogen-bond donors (Lipinski definition) is 5. The molecule has 2 atom stereocenters. The molecule has 5 N–H and O–H groups in total. The fourth-order valence-corrected chi connectivity index (χ4v) is 9.47. The third kappa shape index (κ3) is 7.68. The lowest BCUT2D eigenvalue weighted by Gasteiger charge is -2.48. The number of nitrogens with one attached hydrogen (secondary N) is 2. The number of carboxylic acid groups (broad SMARTS) is 1. The molecular weight excluding hydrogens is 715 g/mol. The molecule has 2 bridgehead atoms. The average molecular weight is 760 g/mol. The van der Waals surface area contributed by atoms with Crippen LogP contribution in [-0.2, 0) is 19.5 Å². The Morgan fingerprint density at radius 2 is 1.75 bits per heavy atom. The number of pyridine rings is 1. The lowest BCUT2D eigenvalue weighted by Crippen LogP contribution is -2.59. The number of aryl methyl sites for hydroxylation is 2. The van der Waals surface area contributed by atoms with Crippen LogP contribution in [0.2, 0.25) is 0 Å².